The van der Waals surface area contributed by atoms with E-state index in [1.807, 2.05) is 60.7 Å². The fourth-order valence-electron chi connectivity index (χ4n) is 9.07. The SMILES string of the molecule is [2H]C([2H])([2H])c1cc[c-]c(-c2cc(C([2H])(C)C)[c]([Ge]([CH3])([CH3])[CH3])cn2)c1F.[2H]C([2H])([2H])c1ccc2c(n1)sc1c(-c3nc4cc5ccccc5cc4n3-c3ccc(-c4ccccc4)c4oc5ccccc5c34)[c-]ccc12.[Ir]. The minimum Gasteiger partial charge on any atom is -0.455 e. The molecule has 0 saturated heterocycles. The Hall–Kier alpha value is -6.29. The van der Waals surface area contributed by atoms with Crippen molar-refractivity contribution in [2.45, 2.75) is 50.7 Å². The van der Waals surface area contributed by atoms with Crippen LogP contribution in [0.2, 0.25) is 17.3 Å². The third-order valence-corrected chi connectivity index (χ3v) is 17.7. The number of aryl methyl sites for hydroxylation is 2. The van der Waals surface area contributed by atoms with Gasteiger partial charge >= 0.3 is 135 Å². The topological polar surface area (TPSA) is 56.7 Å². The van der Waals surface area contributed by atoms with E-state index in [4.69, 9.17) is 19.0 Å². The van der Waals surface area contributed by atoms with Crippen LogP contribution in [0.3, 0.4) is 0 Å². The Labute approximate surface area is 425 Å². The largest absolute Gasteiger partial charge is 0.455 e. The molecule has 5 heterocycles. The number of pyridine rings is 2. The zero-order valence-electron chi connectivity index (χ0n) is 44.8. The fraction of sp³-hybridized carbons (Fsp3) is 0.136. The van der Waals surface area contributed by atoms with Gasteiger partial charge < -0.3 is 8.98 Å². The van der Waals surface area contributed by atoms with Crippen molar-refractivity contribution in [2.24, 2.45) is 0 Å². The number of halogens is 1. The number of rotatable bonds is 6. The molecule has 9 heteroatoms. The maximum absolute atomic E-state index is 14.8. The van der Waals surface area contributed by atoms with Gasteiger partial charge in [-0.3, -0.25) is 4.98 Å². The van der Waals surface area contributed by atoms with Crippen molar-refractivity contribution in [3.63, 3.8) is 0 Å². The number of nitrogens with zero attached hydrogens (tertiary/aromatic N) is 4. The van der Waals surface area contributed by atoms with Gasteiger partial charge in [0.1, 0.15) is 16.0 Å². The van der Waals surface area contributed by atoms with E-state index in [-0.39, 0.29) is 36.9 Å². The number of hydrogen-bond donors (Lipinski definition) is 0. The second-order valence-electron chi connectivity index (χ2n) is 18.0. The van der Waals surface area contributed by atoms with E-state index in [1.165, 1.54) is 23.5 Å². The van der Waals surface area contributed by atoms with Crippen LogP contribution in [0.5, 0.6) is 0 Å². The molecule has 1 radical (unpaired) electrons. The van der Waals surface area contributed by atoms with Crippen molar-refractivity contribution in [2.75, 3.05) is 0 Å². The van der Waals surface area contributed by atoms with E-state index < -0.39 is 38.7 Å². The third kappa shape index (κ3) is 7.97. The molecular formula is C59H47FGeIrN4OS-2. The predicted octanol–water partition coefficient (Wildman–Crippen LogP) is 15.9. The van der Waals surface area contributed by atoms with Gasteiger partial charge in [0.05, 0.1) is 27.9 Å². The average molecular weight is 1150 g/mol. The normalized spacial score (nSPS) is 13.9. The Kier molecular flexibility index (Phi) is 9.96. The monoisotopic (exact) mass is 1150 g/mol. The number of fused-ring (bicyclic) bond motifs is 8. The van der Waals surface area contributed by atoms with Gasteiger partial charge in [-0.2, -0.15) is 11.3 Å². The summed E-state index contributed by atoms with van der Waals surface area (Å²) in [6.45, 7) is -1.24. The number of imidazole rings is 1. The van der Waals surface area contributed by atoms with Crippen LogP contribution in [-0.2, 0) is 20.1 Å². The van der Waals surface area contributed by atoms with Gasteiger partial charge in [-0.05, 0) is 69.7 Å². The molecule has 337 valence electrons. The molecule has 0 amide bonds. The molecule has 0 spiro atoms. The molecule has 12 rings (SSSR count). The van der Waals surface area contributed by atoms with E-state index in [0.29, 0.717) is 10.5 Å². The average Bonchev–Trinajstić information content (AvgIpc) is 4.09. The van der Waals surface area contributed by atoms with Crippen LogP contribution >= 0.6 is 11.3 Å². The summed E-state index contributed by atoms with van der Waals surface area (Å²) in [5.74, 6) is 5.70. The van der Waals surface area contributed by atoms with E-state index in [1.54, 1.807) is 32.2 Å². The molecule has 5 nitrogen and oxygen atoms in total. The van der Waals surface area contributed by atoms with Crippen LogP contribution in [0.25, 0.3) is 104 Å². The first-order valence-electron chi connectivity index (χ1n) is 25.5. The van der Waals surface area contributed by atoms with Crippen molar-refractivity contribution < 1.29 is 38.5 Å². The Balaban J connectivity index is 0.000000210. The summed E-state index contributed by atoms with van der Waals surface area (Å²) < 4.78 is 80.3. The van der Waals surface area contributed by atoms with E-state index >= 15 is 0 Å². The summed E-state index contributed by atoms with van der Waals surface area (Å²) in [6, 6.07) is 53.5. The van der Waals surface area contributed by atoms with Crippen molar-refractivity contribution in [1.82, 2.24) is 19.5 Å². The molecule has 0 atom stereocenters. The molecule has 0 saturated carbocycles. The van der Waals surface area contributed by atoms with Gasteiger partial charge in [0.25, 0.3) is 0 Å². The van der Waals surface area contributed by atoms with Gasteiger partial charge in [-0.25, -0.2) is 4.98 Å². The fourth-order valence-corrected chi connectivity index (χ4v) is 13.6. The summed E-state index contributed by atoms with van der Waals surface area (Å²) in [6.07, 6.45) is 1.73. The van der Waals surface area contributed by atoms with Crippen molar-refractivity contribution >= 4 is 93.0 Å². The number of para-hydroxylation sites is 1. The van der Waals surface area contributed by atoms with E-state index in [9.17, 15) is 4.39 Å². The third-order valence-electron chi connectivity index (χ3n) is 12.3. The smallest absolute Gasteiger partial charge is 0.145 e. The zero-order valence-corrected chi connectivity index (χ0v) is 43.1. The van der Waals surface area contributed by atoms with Crippen molar-refractivity contribution in [3.05, 3.63) is 187 Å². The van der Waals surface area contributed by atoms with Crippen LogP contribution in [0.1, 0.15) is 46.2 Å². The van der Waals surface area contributed by atoms with Crippen LogP contribution in [0.4, 0.5) is 4.39 Å². The van der Waals surface area contributed by atoms with Crippen LogP contribution in [0.15, 0.2) is 156 Å². The molecule has 0 aliphatic carbocycles. The van der Waals surface area contributed by atoms with Gasteiger partial charge in [-0.15, -0.1) is 18.2 Å². The number of benzene rings is 7. The predicted molar refractivity (Wildman–Crippen MR) is 281 cm³/mol. The standard InChI is InChI=1S/C41H24N3OS.C18H23FGeN.Ir/c1-24-18-19-30-29-15-9-16-32(39(29)46-41(30)42-24)40-43-33-22-26-12-5-6-13-27(26)23-35(33)44(40)34-21-20-28(25-10-3-2-4-11-25)38-37(34)31-14-7-8-17-36(31)45-38;1-12(2)15-10-17(21-11-16(15)20(4,5)6)14-9-7-8-13(3)18(14)19;/h2-15,17-23H,1H3;7-8,10-12H,1-6H3;/q2*-1;/i1D3;3D3,12D;. The van der Waals surface area contributed by atoms with E-state index in [2.05, 4.69) is 105 Å². The van der Waals surface area contributed by atoms with Gasteiger partial charge in [-0.1, -0.05) is 89.8 Å². The molecule has 0 aliphatic rings. The zero-order chi connectivity index (χ0) is 52.1. The van der Waals surface area contributed by atoms with Crippen molar-refractivity contribution in [3.8, 4) is 39.5 Å². The summed E-state index contributed by atoms with van der Waals surface area (Å²) >= 11 is -0.802. The van der Waals surface area contributed by atoms with Crippen LogP contribution in [0, 0.1) is 31.7 Å². The molecule has 0 aliphatic heterocycles. The second kappa shape index (κ2) is 18.0. The molecule has 68 heavy (non-hydrogen) atoms. The minimum atomic E-state index is -2.54. The molecule has 0 unspecified atom stereocenters. The first kappa shape index (κ1) is 37.7. The number of hydrogen-bond acceptors (Lipinski definition) is 5. The molecule has 5 aromatic heterocycles. The molecular weight excluding hydrogens is 1100 g/mol. The van der Waals surface area contributed by atoms with Gasteiger partial charge in [0, 0.05) is 40.9 Å². The Bertz CT molecular complexity index is 4180. The maximum atomic E-state index is 14.8. The number of furan rings is 1. The summed E-state index contributed by atoms with van der Waals surface area (Å²) in [4.78, 5) is 15.0. The first-order chi connectivity index (χ1) is 35.1. The van der Waals surface area contributed by atoms with Crippen LogP contribution < -0.4 is 4.40 Å². The molecule has 0 bridgehead atoms. The maximum Gasteiger partial charge on any atom is 0.145 e. The summed E-state index contributed by atoms with van der Waals surface area (Å²) in [5.41, 5.74) is 8.21. The Morgan fingerprint density at radius 2 is 1.51 bits per heavy atom. The van der Waals surface area contributed by atoms with Gasteiger partial charge in [0.2, 0.25) is 0 Å². The summed E-state index contributed by atoms with van der Waals surface area (Å²) in [5, 5.41) is 6.13. The van der Waals surface area contributed by atoms with Crippen molar-refractivity contribution in [1.29, 1.82) is 0 Å². The minimum absolute atomic E-state index is 0. The second-order valence-corrected chi connectivity index (χ2v) is 29.5. The first-order valence-corrected chi connectivity index (χ1v) is 30.2. The quantitative estimate of drug-likeness (QED) is 0.123. The Morgan fingerprint density at radius 3 is 2.29 bits per heavy atom. The molecule has 0 fully saturated rings. The summed E-state index contributed by atoms with van der Waals surface area (Å²) in [7, 11) is 0. The van der Waals surface area contributed by atoms with Gasteiger partial charge in [0.15, 0.2) is 0 Å². The number of thiophene rings is 1. The molecule has 12 aromatic rings. The Morgan fingerprint density at radius 1 is 0.765 bits per heavy atom. The van der Waals surface area contributed by atoms with Crippen LogP contribution in [-0.4, -0.2) is 32.8 Å². The molecule has 7 aromatic carbocycles. The molecule has 0 N–H and O–H groups in total. The number of aromatic nitrogens is 4. The van der Waals surface area contributed by atoms with E-state index in [0.717, 1.165) is 97.4 Å².